The van der Waals surface area contributed by atoms with Gasteiger partial charge in [-0.1, -0.05) is 12.1 Å². The highest BCUT2D eigenvalue weighted by molar-refractivity contribution is 5.95. The summed E-state index contributed by atoms with van der Waals surface area (Å²) in [6, 6.07) is 6.16. The number of likely N-dealkylation sites (tertiary alicyclic amines) is 1. The van der Waals surface area contributed by atoms with Gasteiger partial charge in [0.05, 0.1) is 25.3 Å². The van der Waals surface area contributed by atoms with Crippen molar-refractivity contribution in [2.45, 2.75) is 25.8 Å². The van der Waals surface area contributed by atoms with Crippen molar-refractivity contribution in [1.29, 1.82) is 0 Å². The fourth-order valence-corrected chi connectivity index (χ4v) is 3.84. The van der Waals surface area contributed by atoms with Gasteiger partial charge in [0.1, 0.15) is 5.75 Å². The number of hydrogen-bond donors (Lipinski definition) is 3. The highest BCUT2D eigenvalue weighted by Crippen LogP contribution is 2.30. The number of amides is 3. The van der Waals surface area contributed by atoms with Gasteiger partial charge in [-0.05, 0) is 50.6 Å². The van der Waals surface area contributed by atoms with Gasteiger partial charge in [-0.2, -0.15) is 0 Å². The van der Waals surface area contributed by atoms with E-state index >= 15 is 0 Å². The van der Waals surface area contributed by atoms with Crippen LogP contribution in [0.15, 0.2) is 35.5 Å². The van der Waals surface area contributed by atoms with E-state index in [1.165, 1.54) is 0 Å². The number of carbonyl (C=O) groups excluding carboxylic acids is 3. The Balaban J connectivity index is 1.89. The molecule has 0 radical (unpaired) electrons. The van der Waals surface area contributed by atoms with E-state index in [0.29, 0.717) is 49.5 Å². The van der Waals surface area contributed by atoms with Gasteiger partial charge in [0, 0.05) is 18.2 Å². The van der Waals surface area contributed by atoms with Crippen LogP contribution in [0.3, 0.4) is 0 Å². The third kappa shape index (κ3) is 4.91. The number of piperidine rings is 1. The number of nitrogens with zero attached hydrogens (tertiary/aromatic N) is 1. The zero-order valence-electron chi connectivity index (χ0n) is 17.3. The summed E-state index contributed by atoms with van der Waals surface area (Å²) in [5, 5.41) is 5.60. The van der Waals surface area contributed by atoms with Crippen LogP contribution >= 0.6 is 0 Å². The van der Waals surface area contributed by atoms with E-state index < -0.39 is 12.0 Å². The number of urea groups is 1. The molecule has 0 aromatic heterocycles. The first-order valence-corrected chi connectivity index (χ1v) is 10.1. The Morgan fingerprint density at radius 3 is 2.43 bits per heavy atom. The predicted molar refractivity (Wildman–Crippen MR) is 109 cm³/mol. The molecule has 0 bridgehead atoms. The number of methoxy groups -OCH3 is 1. The van der Waals surface area contributed by atoms with Gasteiger partial charge in [-0.15, -0.1) is 0 Å². The van der Waals surface area contributed by atoms with E-state index in [-0.39, 0.29) is 24.5 Å². The summed E-state index contributed by atoms with van der Waals surface area (Å²) in [4.78, 5) is 38.7. The van der Waals surface area contributed by atoms with Gasteiger partial charge in [0.25, 0.3) is 0 Å². The fraction of sp³-hybridized carbons (Fsp3) is 0.476. The summed E-state index contributed by atoms with van der Waals surface area (Å²) in [7, 11) is 1.57. The summed E-state index contributed by atoms with van der Waals surface area (Å²) in [5.41, 5.74) is 7.04. The number of hydrogen-bond acceptors (Lipinski definition) is 6. The predicted octanol–water partition coefficient (Wildman–Crippen LogP) is 1.06. The Kier molecular flexibility index (Phi) is 6.94. The molecule has 162 valence electrons. The first-order valence-electron chi connectivity index (χ1n) is 10.1. The number of benzene rings is 1. The average Bonchev–Trinajstić information content (AvgIpc) is 2.74. The van der Waals surface area contributed by atoms with Crippen molar-refractivity contribution in [3.8, 4) is 5.75 Å². The lowest BCUT2D eigenvalue weighted by molar-refractivity contribution is -0.139. The van der Waals surface area contributed by atoms with Crippen LogP contribution in [0.25, 0.3) is 0 Å². The van der Waals surface area contributed by atoms with Gasteiger partial charge in [0.2, 0.25) is 5.91 Å². The summed E-state index contributed by atoms with van der Waals surface area (Å²) in [5.74, 6) is -0.212. The van der Waals surface area contributed by atoms with Crippen molar-refractivity contribution in [2.24, 2.45) is 11.7 Å². The van der Waals surface area contributed by atoms with Crippen molar-refractivity contribution in [2.75, 3.05) is 33.4 Å². The normalized spacial score (nSPS) is 20.3. The number of carbonyl (C=O) groups is 3. The molecule has 9 heteroatoms. The number of nitrogens with two attached hydrogens (primary N) is 1. The van der Waals surface area contributed by atoms with Crippen LogP contribution in [0, 0.1) is 5.92 Å². The van der Waals surface area contributed by atoms with Gasteiger partial charge >= 0.3 is 12.0 Å². The molecular weight excluding hydrogens is 388 g/mol. The zero-order chi connectivity index (χ0) is 21.7. The Morgan fingerprint density at radius 2 is 1.87 bits per heavy atom. The van der Waals surface area contributed by atoms with E-state index in [4.69, 9.17) is 15.2 Å². The maximum Gasteiger partial charge on any atom is 0.338 e. The van der Waals surface area contributed by atoms with Crippen molar-refractivity contribution >= 4 is 17.9 Å². The number of rotatable bonds is 7. The van der Waals surface area contributed by atoms with Gasteiger partial charge in [-0.3, -0.25) is 9.69 Å². The monoisotopic (exact) mass is 416 g/mol. The van der Waals surface area contributed by atoms with Gasteiger partial charge in [-0.25, -0.2) is 9.59 Å². The second-order valence-corrected chi connectivity index (χ2v) is 7.37. The summed E-state index contributed by atoms with van der Waals surface area (Å²) < 4.78 is 10.5. The largest absolute Gasteiger partial charge is 0.497 e. The summed E-state index contributed by atoms with van der Waals surface area (Å²) in [6.07, 6.45) is 1.32. The van der Waals surface area contributed by atoms with Crippen LogP contribution in [0.2, 0.25) is 0 Å². The minimum absolute atomic E-state index is 0.130. The SMILES string of the molecule is CCOC(=O)C1=C(CN2CCC(C(N)=O)CC2)NC(=O)N[C@@H]1c1ccc(OC)cc1. The van der Waals surface area contributed by atoms with Crippen molar-refractivity contribution in [3.63, 3.8) is 0 Å². The molecular formula is C21H28N4O5. The molecule has 1 fully saturated rings. The minimum Gasteiger partial charge on any atom is -0.497 e. The van der Waals surface area contributed by atoms with Crippen molar-refractivity contribution in [1.82, 2.24) is 15.5 Å². The zero-order valence-corrected chi connectivity index (χ0v) is 17.3. The third-order valence-electron chi connectivity index (χ3n) is 5.47. The lowest BCUT2D eigenvalue weighted by atomic mass is 9.93. The van der Waals surface area contributed by atoms with Gasteiger partial charge < -0.3 is 25.8 Å². The molecule has 2 heterocycles. The minimum atomic E-state index is -0.637. The molecule has 1 atom stereocenters. The topological polar surface area (TPSA) is 123 Å². The quantitative estimate of drug-likeness (QED) is 0.571. The van der Waals surface area contributed by atoms with Crippen molar-refractivity contribution < 1.29 is 23.9 Å². The molecule has 1 aromatic carbocycles. The molecule has 1 saturated heterocycles. The Morgan fingerprint density at radius 1 is 1.20 bits per heavy atom. The molecule has 9 nitrogen and oxygen atoms in total. The Bertz CT molecular complexity index is 828. The number of primary amides is 1. The summed E-state index contributed by atoms with van der Waals surface area (Å²) >= 11 is 0. The second-order valence-electron chi connectivity index (χ2n) is 7.37. The molecule has 2 aliphatic heterocycles. The molecule has 3 rings (SSSR count). The Hall–Kier alpha value is -3.07. The maximum absolute atomic E-state index is 12.8. The number of ether oxygens (including phenoxy) is 2. The lowest BCUT2D eigenvalue weighted by Gasteiger charge is -2.34. The first kappa shape index (κ1) is 21.6. The standard InChI is InChI=1S/C21H28N4O5/c1-3-30-20(27)17-16(12-25-10-8-14(9-11-25)19(22)26)23-21(28)24-18(17)13-4-6-15(29-2)7-5-13/h4-7,14,18H,3,8-12H2,1-2H3,(H2,22,26)(H2,23,24,28)/t18-/m1/s1. The van der Waals surface area contributed by atoms with Crippen molar-refractivity contribution in [3.05, 3.63) is 41.1 Å². The van der Waals surface area contributed by atoms with Crippen LogP contribution in [0.4, 0.5) is 4.79 Å². The molecule has 2 aliphatic rings. The lowest BCUT2D eigenvalue weighted by Crippen LogP contribution is -2.49. The highest BCUT2D eigenvalue weighted by Gasteiger charge is 2.35. The van der Waals surface area contributed by atoms with Gasteiger partial charge in [0.15, 0.2) is 0 Å². The maximum atomic E-state index is 12.8. The molecule has 0 unspecified atom stereocenters. The van der Waals surface area contributed by atoms with E-state index in [9.17, 15) is 14.4 Å². The highest BCUT2D eigenvalue weighted by atomic mass is 16.5. The van der Waals surface area contributed by atoms with Crippen LogP contribution in [-0.4, -0.2) is 56.2 Å². The van der Waals surface area contributed by atoms with Crippen LogP contribution in [0.5, 0.6) is 5.75 Å². The average molecular weight is 416 g/mol. The first-order chi connectivity index (χ1) is 14.4. The van der Waals surface area contributed by atoms with Crippen LogP contribution in [-0.2, 0) is 14.3 Å². The molecule has 3 amide bonds. The number of nitrogens with one attached hydrogen (secondary N) is 2. The van der Waals surface area contributed by atoms with Crippen LogP contribution < -0.4 is 21.1 Å². The smallest absolute Gasteiger partial charge is 0.338 e. The van der Waals surface area contributed by atoms with E-state index in [2.05, 4.69) is 15.5 Å². The molecule has 0 spiro atoms. The van der Waals surface area contributed by atoms with E-state index in [0.717, 1.165) is 5.56 Å². The van der Waals surface area contributed by atoms with E-state index in [1.54, 1.807) is 26.2 Å². The summed E-state index contributed by atoms with van der Waals surface area (Å²) in [6.45, 7) is 3.65. The molecule has 4 N–H and O–H groups in total. The van der Waals surface area contributed by atoms with E-state index in [1.807, 2.05) is 12.1 Å². The Labute approximate surface area is 175 Å². The molecule has 0 saturated carbocycles. The molecule has 1 aromatic rings. The molecule has 30 heavy (non-hydrogen) atoms. The second kappa shape index (κ2) is 9.62. The number of esters is 1. The fourth-order valence-electron chi connectivity index (χ4n) is 3.84. The van der Waals surface area contributed by atoms with Crippen LogP contribution in [0.1, 0.15) is 31.4 Å². The molecule has 0 aliphatic carbocycles. The third-order valence-corrected chi connectivity index (χ3v) is 5.47.